The van der Waals surface area contributed by atoms with Crippen molar-refractivity contribution in [2.24, 2.45) is 0 Å². The first kappa shape index (κ1) is 30.3. The van der Waals surface area contributed by atoms with Gasteiger partial charge in [0.15, 0.2) is 0 Å². The largest absolute Gasteiger partial charge is 0.495 e. The second kappa shape index (κ2) is 12.1. The summed E-state index contributed by atoms with van der Waals surface area (Å²) in [5, 5.41) is 12.8. The van der Waals surface area contributed by atoms with Crippen molar-refractivity contribution in [2.45, 2.75) is 44.8 Å². The number of nitrogens with one attached hydrogen (secondary N) is 1. The van der Waals surface area contributed by atoms with Gasteiger partial charge in [-0.25, -0.2) is 4.39 Å². The lowest BCUT2D eigenvalue weighted by Gasteiger charge is -2.41. The maximum atomic E-state index is 14.9. The van der Waals surface area contributed by atoms with Gasteiger partial charge in [-0.1, -0.05) is 12.1 Å². The zero-order valence-electron chi connectivity index (χ0n) is 26.1. The van der Waals surface area contributed by atoms with Gasteiger partial charge in [0.05, 0.1) is 41.4 Å². The average molecular weight is 633 g/mol. The monoisotopic (exact) mass is 632 g/mol. The number of hydrogen-bond acceptors (Lipinski definition) is 8. The summed E-state index contributed by atoms with van der Waals surface area (Å²) < 4.78 is 20.4. The van der Waals surface area contributed by atoms with Gasteiger partial charge in [0, 0.05) is 56.3 Å². The number of aromatic nitrogens is 1. The number of halogens is 1. The van der Waals surface area contributed by atoms with Crippen molar-refractivity contribution in [1.82, 2.24) is 15.2 Å². The van der Waals surface area contributed by atoms with E-state index in [0.29, 0.717) is 40.7 Å². The molecule has 11 heteroatoms. The maximum Gasteiger partial charge on any atom is 0.259 e. The van der Waals surface area contributed by atoms with Gasteiger partial charge in [-0.2, -0.15) is 5.26 Å². The van der Waals surface area contributed by atoms with Crippen LogP contribution >= 0.6 is 0 Å². The first-order chi connectivity index (χ1) is 22.7. The van der Waals surface area contributed by atoms with Crippen LogP contribution in [0, 0.1) is 17.1 Å². The van der Waals surface area contributed by atoms with Gasteiger partial charge in [0.1, 0.15) is 17.6 Å². The molecule has 1 unspecified atom stereocenters. The third-order valence-electron chi connectivity index (χ3n) is 9.37. The number of nitrogens with zero attached hydrogens (tertiary/aromatic N) is 5. The summed E-state index contributed by atoms with van der Waals surface area (Å²) in [4.78, 5) is 48.6. The molecule has 2 atom stereocenters. The number of piperazine rings is 1. The highest BCUT2D eigenvalue weighted by Gasteiger charge is 2.41. The molecule has 0 radical (unpaired) electrons. The van der Waals surface area contributed by atoms with Crippen LogP contribution in [0.5, 0.6) is 5.75 Å². The van der Waals surface area contributed by atoms with Crippen molar-refractivity contribution in [1.29, 1.82) is 5.26 Å². The Hall–Kier alpha value is -5.34. The quantitative estimate of drug-likeness (QED) is 0.300. The molecule has 10 nitrogen and oxygen atoms in total. The molecule has 2 fully saturated rings. The highest BCUT2D eigenvalue weighted by Crippen LogP contribution is 2.42. The molecular weight excluding hydrogens is 599 g/mol. The van der Waals surface area contributed by atoms with Gasteiger partial charge in [0.25, 0.3) is 5.91 Å². The normalized spacial score (nSPS) is 19.7. The maximum absolute atomic E-state index is 14.9. The number of piperidine rings is 1. The summed E-state index contributed by atoms with van der Waals surface area (Å²) in [6.07, 6.45) is 2.69. The minimum Gasteiger partial charge on any atom is -0.495 e. The fraction of sp³-hybridized carbons (Fsp3) is 0.306. The zero-order valence-corrected chi connectivity index (χ0v) is 26.1. The Morgan fingerprint density at radius 3 is 2.62 bits per heavy atom. The third kappa shape index (κ3) is 5.55. The number of carbonyl (C=O) groups is 3. The first-order valence-corrected chi connectivity index (χ1v) is 15.7. The summed E-state index contributed by atoms with van der Waals surface area (Å²) in [5.74, 6) is -1.14. The number of carbonyl (C=O) groups excluding carboxylic acids is 3. The van der Waals surface area contributed by atoms with Gasteiger partial charge in [-0.15, -0.1) is 0 Å². The molecule has 4 heterocycles. The molecule has 0 bridgehead atoms. The molecule has 7 rings (SSSR count). The van der Waals surface area contributed by atoms with E-state index in [0.717, 1.165) is 42.1 Å². The van der Waals surface area contributed by atoms with Crippen molar-refractivity contribution in [3.63, 3.8) is 0 Å². The van der Waals surface area contributed by atoms with E-state index in [-0.39, 0.29) is 30.4 Å². The summed E-state index contributed by atoms with van der Waals surface area (Å²) in [6.45, 7) is 5.38. The number of methoxy groups -OCH3 is 1. The lowest BCUT2D eigenvalue weighted by atomic mass is 9.96. The Bertz CT molecular complexity index is 1970. The second-order valence-corrected chi connectivity index (χ2v) is 12.4. The van der Waals surface area contributed by atoms with Crippen LogP contribution in [0.4, 0.5) is 15.8 Å². The zero-order chi connectivity index (χ0) is 32.8. The molecular formula is C36H33FN6O4. The molecule has 1 N–H and O–H groups in total. The number of hydrogen-bond donors (Lipinski definition) is 1. The molecule has 3 amide bonds. The number of anilines is 2. The highest BCUT2D eigenvalue weighted by atomic mass is 19.1. The molecule has 47 heavy (non-hydrogen) atoms. The molecule has 0 saturated carbocycles. The topological polar surface area (TPSA) is 119 Å². The SMILES string of the molecule is COc1cc(C#N)ccc1N1CCN(Cc2ccc(Cc3ccc4c5c(cc(F)cc35)C(=O)N4C3CCC(=O)NC3=O)cn2)C[C@@H]1C. The van der Waals surface area contributed by atoms with Crippen molar-refractivity contribution in [3.05, 3.63) is 94.6 Å². The Labute approximate surface area is 271 Å². The number of imide groups is 1. The fourth-order valence-corrected chi connectivity index (χ4v) is 7.11. The van der Waals surface area contributed by atoms with Crippen LogP contribution in [0.25, 0.3) is 10.8 Å². The van der Waals surface area contributed by atoms with Crippen LogP contribution < -0.4 is 19.9 Å². The Balaban J connectivity index is 1.05. The molecule has 3 aliphatic heterocycles. The summed E-state index contributed by atoms with van der Waals surface area (Å²) in [7, 11) is 1.62. The first-order valence-electron chi connectivity index (χ1n) is 15.7. The van der Waals surface area contributed by atoms with Crippen molar-refractivity contribution in [2.75, 3.05) is 36.5 Å². The predicted octanol–water partition coefficient (Wildman–Crippen LogP) is 4.32. The standard InChI is InChI=1S/C36H33FN6O4/c1-21-19-41(11-12-42(21)29-7-4-22(17-38)14-32(29)47-2)20-26-6-3-23(18-39-26)13-24-5-8-30-34-27(24)15-25(37)16-28(34)36(46)43(30)31-9-10-33(44)40-35(31)45/h3-8,14-16,18,21,31H,9-13,19-20H2,1-2H3,(H,40,44,45)/t21-,31?/m0/s1. The summed E-state index contributed by atoms with van der Waals surface area (Å²) >= 11 is 0. The highest BCUT2D eigenvalue weighted by molar-refractivity contribution is 6.27. The number of ether oxygens (including phenoxy) is 1. The lowest BCUT2D eigenvalue weighted by molar-refractivity contribution is -0.134. The Kier molecular flexibility index (Phi) is 7.82. The van der Waals surface area contributed by atoms with E-state index in [1.807, 2.05) is 42.6 Å². The van der Waals surface area contributed by atoms with Gasteiger partial charge in [-0.3, -0.25) is 34.5 Å². The molecule has 238 valence electrons. The van der Waals surface area contributed by atoms with Crippen LogP contribution in [-0.4, -0.2) is 66.4 Å². The van der Waals surface area contributed by atoms with E-state index in [1.54, 1.807) is 13.2 Å². The molecule has 3 aliphatic rings. The predicted molar refractivity (Wildman–Crippen MR) is 174 cm³/mol. The third-order valence-corrected chi connectivity index (χ3v) is 9.37. The number of nitriles is 1. The minimum atomic E-state index is -0.828. The van der Waals surface area contributed by atoms with E-state index in [4.69, 9.17) is 9.72 Å². The van der Waals surface area contributed by atoms with Crippen molar-refractivity contribution < 1.29 is 23.5 Å². The molecule has 3 aromatic carbocycles. The molecule has 0 aliphatic carbocycles. The second-order valence-electron chi connectivity index (χ2n) is 12.4. The molecule has 2 saturated heterocycles. The smallest absolute Gasteiger partial charge is 0.259 e. The lowest BCUT2D eigenvalue weighted by Crippen LogP contribution is -2.53. The summed E-state index contributed by atoms with van der Waals surface area (Å²) in [5.41, 5.74) is 5.08. The van der Waals surface area contributed by atoms with Crippen LogP contribution in [0.2, 0.25) is 0 Å². The van der Waals surface area contributed by atoms with Gasteiger partial charge in [0.2, 0.25) is 11.8 Å². The van der Waals surface area contributed by atoms with Gasteiger partial charge in [-0.05, 0) is 72.7 Å². The van der Waals surface area contributed by atoms with Crippen LogP contribution in [0.3, 0.4) is 0 Å². The van der Waals surface area contributed by atoms with Gasteiger partial charge < -0.3 is 9.64 Å². The van der Waals surface area contributed by atoms with E-state index < -0.39 is 23.7 Å². The van der Waals surface area contributed by atoms with E-state index in [1.165, 1.54) is 17.0 Å². The molecule has 0 spiro atoms. The van der Waals surface area contributed by atoms with Gasteiger partial charge >= 0.3 is 0 Å². The number of benzene rings is 3. The average Bonchev–Trinajstić information content (AvgIpc) is 3.34. The number of amides is 3. The van der Waals surface area contributed by atoms with E-state index in [9.17, 15) is 24.0 Å². The molecule has 1 aromatic heterocycles. The Morgan fingerprint density at radius 1 is 1.06 bits per heavy atom. The van der Waals surface area contributed by atoms with Crippen LogP contribution in [0.15, 0.2) is 60.8 Å². The van der Waals surface area contributed by atoms with Crippen LogP contribution in [0.1, 0.15) is 52.5 Å². The van der Waals surface area contributed by atoms with Crippen molar-refractivity contribution in [3.8, 4) is 11.8 Å². The number of pyridine rings is 1. The van der Waals surface area contributed by atoms with E-state index >= 15 is 0 Å². The van der Waals surface area contributed by atoms with Crippen molar-refractivity contribution >= 4 is 39.9 Å². The minimum absolute atomic E-state index is 0.137. The van der Waals surface area contributed by atoms with E-state index in [2.05, 4.69) is 28.1 Å². The number of rotatable bonds is 7. The Morgan fingerprint density at radius 2 is 1.89 bits per heavy atom. The van der Waals surface area contributed by atoms with Crippen LogP contribution in [-0.2, 0) is 22.6 Å². The molecule has 4 aromatic rings. The summed E-state index contributed by atoms with van der Waals surface area (Å²) in [6, 6.07) is 17.5. The fourth-order valence-electron chi connectivity index (χ4n) is 7.11.